The summed E-state index contributed by atoms with van der Waals surface area (Å²) >= 11 is 0. The van der Waals surface area contributed by atoms with E-state index < -0.39 is 10.2 Å². The second-order valence-electron chi connectivity index (χ2n) is 4.12. The predicted molar refractivity (Wildman–Crippen MR) is 76.4 cm³/mol. The zero-order valence-electron chi connectivity index (χ0n) is 10.5. The van der Waals surface area contributed by atoms with Crippen LogP contribution in [0.4, 0.5) is 0 Å². The fourth-order valence-electron chi connectivity index (χ4n) is 1.59. The zero-order chi connectivity index (χ0) is 12.3. The van der Waals surface area contributed by atoms with Crippen LogP contribution in [0.3, 0.4) is 0 Å². The smallest absolute Gasteiger partial charge is 0.175 e. The van der Waals surface area contributed by atoms with Crippen molar-refractivity contribution in [1.82, 2.24) is 0 Å². The molecule has 0 spiro atoms. The van der Waals surface area contributed by atoms with Crippen LogP contribution in [0.1, 0.15) is 51.2 Å². The molecule has 0 radical (unpaired) electrons. The van der Waals surface area contributed by atoms with Gasteiger partial charge in [-0.2, -0.15) is 0 Å². The molecule has 1 aromatic rings. The summed E-state index contributed by atoms with van der Waals surface area (Å²) < 4.78 is 16.8. The van der Waals surface area contributed by atoms with Crippen LogP contribution in [0.2, 0.25) is 0 Å². The van der Waals surface area contributed by atoms with E-state index in [9.17, 15) is 4.55 Å². The summed E-state index contributed by atoms with van der Waals surface area (Å²) in [5.74, 6) is 2.35. The van der Waals surface area contributed by atoms with Crippen molar-refractivity contribution in [3.05, 3.63) is 24.2 Å². The Morgan fingerprint density at radius 3 is 2.71 bits per heavy atom. The molecule has 1 unspecified atom stereocenters. The summed E-state index contributed by atoms with van der Waals surface area (Å²) in [6, 6.07) is 3.72. The first-order chi connectivity index (χ1) is 8.33. The van der Waals surface area contributed by atoms with Crippen LogP contribution in [0.25, 0.3) is 0 Å². The maximum atomic E-state index is 11.7. The van der Waals surface area contributed by atoms with Crippen molar-refractivity contribution in [3.8, 4) is 0 Å². The number of unbranched alkanes of at least 4 members (excludes halogenated alkanes) is 5. The molecule has 0 aliphatic carbocycles. The Morgan fingerprint density at radius 2 is 2.00 bits per heavy atom. The standard InChI is InChI=1S/C13H22O2S2/c1-2-3-4-5-6-7-11-16-17(14)12-13-9-8-10-15-13/h8-10H,2-7,11-12H2,1H3. The van der Waals surface area contributed by atoms with Crippen LogP contribution < -0.4 is 0 Å². The Balaban J connectivity index is 1.92. The van der Waals surface area contributed by atoms with Gasteiger partial charge in [0, 0.05) is 16.0 Å². The van der Waals surface area contributed by atoms with Crippen LogP contribution in [0.15, 0.2) is 22.8 Å². The molecule has 0 amide bonds. The summed E-state index contributed by atoms with van der Waals surface area (Å²) in [5, 5.41) is 0. The molecule has 0 N–H and O–H groups in total. The largest absolute Gasteiger partial charge is 0.605 e. The van der Waals surface area contributed by atoms with Gasteiger partial charge < -0.3 is 8.97 Å². The van der Waals surface area contributed by atoms with Gasteiger partial charge in [0.25, 0.3) is 0 Å². The van der Waals surface area contributed by atoms with E-state index in [-0.39, 0.29) is 0 Å². The molecule has 0 aliphatic heterocycles. The normalized spacial score (nSPS) is 12.8. The molecule has 0 aliphatic rings. The summed E-state index contributed by atoms with van der Waals surface area (Å²) in [5.41, 5.74) is 0. The third kappa shape index (κ3) is 7.79. The second kappa shape index (κ2) is 9.92. The fraction of sp³-hybridized carbons (Fsp3) is 0.692. The number of rotatable bonds is 10. The van der Waals surface area contributed by atoms with Crippen molar-refractivity contribution in [2.24, 2.45) is 0 Å². The fourth-order valence-corrected chi connectivity index (χ4v) is 4.08. The van der Waals surface area contributed by atoms with Gasteiger partial charge in [0.1, 0.15) is 0 Å². The van der Waals surface area contributed by atoms with Crippen molar-refractivity contribution in [2.45, 2.75) is 51.2 Å². The minimum atomic E-state index is -0.835. The Bertz CT molecular complexity index is 262. The molecule has 0 bridgehead atoms. The Labute approximate surface area is 111 Å². The SMILES string of the molecule is CCCCCCCCS[S+]([O-])Cc1ccco1. The van der Waals surface area contributed by atoms with E-state index in [4.69, 9.17) is 4.42 Å². The molecule has 0 saturated carbocycles. The second-order valence-corrected chi connectivity index (χ2v) is 7.48. The highest BCUT2D eigenvalue weighted by molar-refractivity contribution is 8.71. The summed E-state index contributed by atoms with van der Waals surface area (Å²) in [4.78, 5) is 0. The van der Waals surface area contributed by atoms with E-state index in [1.807, 2.05) is 12.1 Å². The third-order valence-corrected chi connectivity index (χ3v) is 5.43. The Hall–Kier alpha value is -0.0600. The lowest BCUT2D eigenvalue weighted by atomic mass is 10.1. The van der Waals surface area contributed by atoms with Crippen molar-refractivity contribution >= 4 is 21.0 Å². The molecule has 17 heavy (non-hydrogen) atoms. The molecule has 98 valence electrons. The lowest BCUT2D eigenvalue weighted by Crippen LogP contribution is -1.99. The van der Waals surface area contributed by atoms with Gasteiger partial charge in [0.2, 0.25) is 0 Å². The minimum Gasteiger partial charge on any atom is -0.605 e. The highest BCUT2D eigenvalue weighted by Crippen LogP contribution is 2.20. The maximum absolute atomic E-state index is 11.7. The van der Waals surface area contributed by atoms with E-state index in [0.29, 0.717) is 5.75 Å². The van der Waals surface area contributed by atoms with Crippen molar-refractivity contribution in [2.75, 3.05) is 5.75 Å². The summed E-state index contributed by atoms with van der Waals surface area (Å²) in [6.45, 7) is 2.23. The average molecular weight is 274 g/mol. The molecule has 1 atom stereocenters. The van der Waals surface area contributed by atoms with Gasteiger partial charge in [0.15, 0.2) is 11.5 Å². The Morgan fingerprint density at radius 1 is 1.24 bits per heavy atom. The number of furan rings is 1. The van der Waals surface area contributed by atoms with E-state index in [1.165, 1.54) is 38.5 Å². The molecular weight excluding hydrogens is 252 g/mol. The van der Waals surface area contributed by atoms with E-state index in [2.05, 4.69) is 6.92 Å². The van der Waals surface area contributed by atoms with Gasteiger partial charge in [0.05, 0.1) is 17.1 Å². The van der Waals surface area contributed by atoms with Gasteiger partial charge in [-0.1, -0.05) is 39.0 Å². The van der Waals surface area contributed by atoms with Gasteiger partial charge in [-0.05, 0) is 18.6 Å². The lowest BCUT2D eigenvalue weighted by Gasteiger charge is -2.06. The zero-order valence-corrected chi connectivity index (χ0v) is 12.2. The highest BCUT2D eigenvalue weighted by atomic mass is 33.1. The average Bonchev–Trinajstić information content (AvgIpc) is 2.80. The quantitative estimate of drug-likeness (QED) is 0.357. The molecule has 0 fully saturated rings. The lowest BCUT2D eigenvalue weighted by molar-refractivity contribution is 0.523. The van der Waals surface area contributed by atoms with Crippen molar-refractivity contribution in [1.29, 1.82) is 0 Å². The van der Waals surface area contributed by atoms with Gasteiger partial charge in [-0.3, -0.25) is 0 Å². The number of hydrogen-bond donors (Lipinski definition) is 0. The highest BCUT2D eigenvalue weighted by Gasteiger charge is 2.11. The van der Waals surface area contributed by atoms with Crippen molar-refractivity contribution in [3.63, 3.8) is 0 Å². The maximum Gasteiger partial charge on any atom is 0.175 e. The minimum absolute atomic E-state index is 0.535. The molecule has 4 heteroatoms. The van der Waals surface area contributed by atoms with Crippen LogP contribution in [0.5, 0.6) is 0 Å². The Kier molecular flexibility index (Phi) is 8.75. The predicted octanol–water partition coefficient (Wildman–Crippen LogP) is 4.54. The first-order valence-corrected chi connectivity index (χ1v) is 9.19. The van der Waals surface area contributed by atoms with Crippen LogP contribution >= 0.6 is 10.8 Å². The van der Waals surface area contributed by atoms with Crippen molar-refractivity contribution < 1.29 is 8.97 Å². The molecule has 1 rings (SSSR count). The van der Waals surface area contributed by atoms with E-state index in [0.717, 1.165) is 11.5 Å². The van der Waals surface area contributed by atoms with Crippen LogP contribution in [-0.2, 0) is 16.0 Å². The van der Waals surface area contributed by atoms with E-state index in [1.54, 1.807) is 17.1 Å². The van der Waals surface area contributed by atoms with Gasteiger partial charge in [-0.25, -0.2) is 0 Å². The summed E-state index contributed by atoms with van der Waals surface area (Å²) in [7, 11) is 0.715. The van der Waals surface area contributed by atoms with Crippen LogP contribution in [0, 0.1) is 0 Å². The molecule has 1 aromatic heterocycles. The van der Waals surface area contributed by atoms with Gasteiger partial charge in [-0.15, -0.1) is 0 Å². The van der Waals surface area contributed by atoms with Gasteiger partial charge >= 0.3 is 0 Å². The van der Waals surface area contributed by atoms with Crippen LogP contribution in [-0.4, -0.2) is 10.3 Å². The summed E-state index contributed by atoms with van der Waals surface area (Å²) in [6.07, 6.45) is 9.38. The molecule has 1 heterocycles. The molecule has 0 aromatic carbocycles. The number of hydrogen-bond acceptors (Lipinski definition) is 3. The van der Waals surface area contributed by atoms with E-state index >= 15 is 0 Å². The topological polar surface area (TPSA) is 36.2 Å². The molecule has 0 saturated heterocycles. The third-order valence-electron chi connectivity index (χ3n) is 2.55. The first-order valence-electron chi connectivity index (χ1n) is 6.37. The molecular formula is C13H22O2S2. The molecule has 2 nitrogen and oxygen atoms in total. The monoisotopic (exact) mass is 274 g/mol. The first kappa shape index (κ1) is 15.0.